The average molecular weight is 313 g/mol. The van der Waals surface area contributed by atoms with Crippen molar-refractivity contribution in [3.05, 3.63) is 42.0 Å². The van der Waals surface area contributed by atoms with Crippen LogP contribution in [0.2, 0.25) is 0 Å². The minimum atomic E-state index is -3.77. The van der Waals surface area contributed by atoms with Crippen molar-refractivity contribution in [2.45, 2.75) is 24.8 Å². The highest BCUT2D eigenvalue weighted by Crippen LogP contribution is 2.18. The van der Waals surface area contributed by atoms with Gasteiger partial charge in [-0.1, -0.05) is 0 Å². The van der Waals surface area contributed by atoms with Crippen LogP contribution in [0.4, 0.5) is 10.1 Å². The first-order chi connectivity index (χ1) is 9.92. The second-order valence-electron chi connectivity index (χ2n) is 4.59. The molecule has 0 atom stereocenters. The fourth-order valence-corrected chi connectivity index (χ4v) is 2.76. The molecule has 2 aromatic rings. The number of benzene rings is 1. The molecule has 0 spiro atoms. The second kappa shape index (κ2) is 6.23. The monoisotopic (exact) mass is 313 g/mol. The Morgan fingerprint density at radius 1 is 1.43 bits per heavy atom. The van der Waals surface area contributed by atoms with Gasteiger partial charge in [0.15, 0.2) is 0 Å². The molecule has 0 bridgehead atoms. The van der Waals surface area contributed by atoms with Crippen molar-refractivity contribution in [1.82, 2.24) is 9.78 Å². The SMILES string of the molecule is Cc1cc(NS(=O)(=O)c2cnn(CCCO)c2)ccc1F. The summed E-state index contributed by atoms with van der Waals surface area (Å²) in [5.41, 5.74) is 0.644. The summed E-state index contributed by atoms with van der Waals surface area (Å²) in [4.78, 5) is 0.0161. The van der Waals surface area contributed by atoms with E-state index < -0.39 is 15.8 Å². The van der Waals surface area contributed by atoms with Crippen molar-refractivity contribution >= 4 is 15.7 Å². The number of rotatable bonds is 6. The number of aromatic nitrogens is 2. The van der Waals surface area contributed by atoms with Gasteiger partial charge in [0.25, 0.3) is 10.0 Å². The summed E-state index contributed by atoms with van der Waals surface area (Å²) in [6, 6.07) is 3.98. The zero-order valence-electron chi connectivity index (χ0n) is 11.5. The molecule has 0 fully saturated rings. The summed E-state index contributed by atoms with van der Waals surface area (Å²) >= 11 is 0. The molecule has 0 amide bonds. The third-order valence-electron chi connectivity index (χ3n) is 2.88. The zero-order valence-corrected chi connectivity index (χ0v) is 12.3. The second-order valence-corrected chi connectivity index (χ2v) is 6.27. The Bertz CT molecular complexity index is 728. The maximum Gasteiger partial charge on any atom is 0.265 e. The van der Waals surface area contributed by atoms with Gasteiger partial charge in [-0.3, -0.25) is 9.40 Å². The molecule has 0 aliphatic heterocycles. The first kappa shape index (κ1) is 15.5. The molecular formula is C13H16FN3O3S. The van der Waals surface area contributed by atoms with Gasteiger partial charge in [0.2, 0.25) is 0 Å². The molecule has 0 saturated heterocycles. The number of nitrogens with one attached hydrogen (secondary N) is 1. The van der Waals surface area contributed by atoms with Gasteiger partial charge in [-0.25, -0.2) is 12.8 Å². The maximum atomic E-state index is 13.2. The van der Waals surface area contributed by atoms with Crippen molar-refractivity contribution < 1.29 is 17.9 Å². The third kappa shape index (κ3) is 3.79. The number of nitrogens with zero attached hydrogens (tertiary/aromatic N) is 2. The highest BCUT2D eigenvalue weighted by atomic mass is 32.2. The molecule has 1 heterocycles. The molecule has 0 saturated carbocycles. The number of aliphatic hydroxyl groups is 1. The van der Waals surface area contributed by atoms with E-state index in [0.29, 0.717) is 18.5 Å². The number of hydrogen-bond acceptors (Lipinski definition) is 4. The minimum absolute atomic E-state index is 0.00898. The van der Waals surface area contributed by atoms with Gasteiger partial charge >= 0.3 is 0 Å². The average Bonchev–Trinajstić information content (AvgIpc) is 2.90. The summed E-state index contributed by atoms with van der Waals surface area (Å²) in [5, 5.41) is 12.7. The molecule has 0 aliphatic rings. The molecule has 8 heteroatoms. The molecule has 0 aliphatic carbocycles. The van der Waals surface area contributed by atoms with Gasteiger partial charge in [-0.15, -0.1) is 0 Å². The number of aliphatic hydroxyl groups excluding tert-OH is 1. The van der Waals surface area contributed by atoms with E-state index in [2.05, 4.69) is 9.82 Å². The molecule has 6 nitrogen and oxygen atoms in total. The van der Waals surface area contributed by atoms with E-state index in [1.54, 1.807) is 6.92 Å². The highest BCUT2D eigenvalue weighted by molar-refractivity contribution is 7.92. The van der Waals surface area contributed by atoms with Crippen LogP contribution >= 0.6 is 0 Å². The summed E-state index contributed by atoms with van der Waals surface area (Å²) < 4.78 is 41.3. The Hall–Kier alpha value is -1.93. The van der Waals surface area contributed by atoms with Crippen LogP contribution in [0.3, 0.4) is 0 Å². The Kier molecular flexibility index (Phi) is 4.59. The largest absolute Gasteiger partial charge is 0.396 e. The molecule has 1 aromatic carbocycles. The van der Waals surface area contributed by atoms with Gasteiger partial charge in [-0.2, -0.15) is 5.10 Å². The van der Waals surface area contributed by atoms with E-state index in [1.165, 1.54) is 35.3 Å². The van der Waals surface area contributed by atoms with Gasteiger partial charge in [-0.05, 0) is 37.1 Å². The summed E-state index contributed by atoms with van der Waals surface area (Å²) in [6.07, 6.45) is 3.11. The van der Waals surface area contributed by atoms with Gasteiger partial charge in [0.1, 0.15) is 10.7 Å². The van der Waals surface area contributed by atoms with Gasteiger partial charge in [0.05, 0.1) is 6.20 Å². The predicted octanol–water partition coefficient (Wildman–Crippen LogP) is 1.51. The van der Waals surface area contributed by atoms with Crippen LogP contribution < -0.4 is 4.72 Å². The lowest BCUT2D eigenvalue weighted by Crippen LogP contribution is -2.12. The Morgan fingerprint density at radius 3 is 2.86 bits per heavy atom. The third-order valence-corrected chi connectivity index (χ3v) is 4.21. The van der Waals surface area contributed by atoms with Crippen LogP contribution in [-0.4, -0.2) is 29.9 Å². The van der Waals surface area contributed by atoms with Crippen LogP contribution in [0.25, 0.3) is 0 Å². The number of sulfonamides is 1. The molecule has 2 N–H and O–H groups in total. The summed E-state index contributed by atoms with van der Waals surface area (Å²) in [6.45, 7) is 2.00. The van der Waals surface area contributed by atoms with E-state index >= 15 is 0 Å². The summed E-state index contributed by atoms with van der Waals surface area (Å²) in [7, 11) is -3.77. The van der Waals surface area contributed by atoms with Crippen LogP contribution in [0.1, 0.15) is 12.0 Å². The minimum Gasteiger partial charge on any atom is -0.396 e. The van der Waals surface area contributed by atoms with E-state index in [4.69, 9.17) is 5.11 Å². The number of anilines is 1. The number of halogens is 1. The lowest BCUT2D eigenvalue weighted by molar-refractivity contribution is 0.277. The molecule has 2 rings (SSSR count). The first-order valence-corrected chi connectivity index (χ1v) is 7.83. The first-order valence-electron chi connectivity index (χ1n) is 6.34. The Morgan fingerprint density at radius 2 is 2.19 bits per heavy atom. The molecule has 0 unspecified atom stereocenters. The zero-order chi connectivity index (χ0) is 15.5. The van der Waals surface area contributed by atoms with E-state index in [-0.39, 0.29) is 17.2 Å². The van der Waals surface area contributed by atoms with Crippen LogP contribution in [0, 0.1) is 12.7 Å². The predicted molar refractivity (Wildman–Crippen MR) is 75.9 cm³/mol. The van der Waals surface area contributed by atoms with Crippen LogP contribution in [-0.2, 0) is 16.6 Å². The number of aryl methyl sites for hydroxylation is 2. The normalized spacial score (nSPS) is 11.6. The highest BCUT2D eigenvalue weighted by Gasteiger charge is 2.17. The van der Waals surface area contributed by atoms with Crippen LogP contribution in [0.5, 0.6) is 0 Å². The topological polar surface area (TPSA) is 84.2 Å². The molecule has 114 valence electrons. The van der Waals surface area contributed by atoms with E-state index in [1.807, 2.05) is 0 Å². The standard InChI is InChI=1S/C13H16FN3O3S/c1-10-7-11(3-4-13(10)14)16-21(19,20)12-8-15-17(9-12)5-2-6-18/h3-4,7-9,16,18H,2,5-6H2,1H3. The van der Waals surface area contributed by atoms with Crippen molar-refractivity contribution in [1.29, 1.82) is 0 Å². The Balaban J connectivity index is 2.17. The molecule has 1 aromatic heterocycles. The van der Waals surface area contributed by atoms with E-state index in [9.17, 15) is 12.8 Å². The van der Waals surface area contributed by atoms with Crippen molar-refractivity contribution in [2.75, 3.05) is 11.3 Å². The van der Waals surface area contributed by atoms with Gasteiger partial charge in [0, 0.05) is 25.0 Å². The maximum absolute atomic E-state index is 13.2. The van der Waals surface area contributed by atoms with Crippen molar-refractivity contribution in [2.24, 2.45) is 0 Å². The lowest BCUT2D eigenvalue weighted by atomic mass is 10.2. The molecular weight excluding hydrogens is 297 g/mol. The molecule has 21 heavy (non-hydrogen) atoms. The van der Waals surface area contributed by atoms with Crippen molar-refractivity contribution in [3.8, 4) is 0 Å². The van der Waals surface area contributed by atoms with Crippen LogP contribution in [0.15, 0.2) is 35.5 Å². The van der Waals surface area contributed by atoms with E-state index in [0.717, 1.165) is 0 Å². The molecule has 0 radical (unpaired) electrons. The van der Waals surface area contributed by atoms with Crippen molar-refractivity contribution in [3.63, 3.8) is 0 Å². The van der Waals surface area contributed by atoms with Gasteiger partial charge < -0.3 is 5.11 Å². The smallest absolute Gasteiger partial charge is 0.265 e. The fourth-order valence-electron chi connectivity index (χ4n) is 1.76. The fraction of sp³-hybridized carbons (Fsp3) is 0.308. The number of hydrogen-bond donors (Lipinski definition) is 2. The quantitative estimate of drug-likeness (QED) is 0.847. The Labute approximate surface area is 122 Å². The lowest BCUT2D eigenvalue weighted by Gasteiger charge is -2.07. The summed E-state index contributed by atoms with van der Waals surface area (Å²) in [5.74, 6) is -0.394.